The van der Waals surface area contributed by atoms with Crippen LogP contribution in [0.15, 0.2) is 18.2 Å². The Morgan fingerprint density at radius 2 is 2.07 bits per heavy atom. The van der Waals surface area contributed by atoms with Gasteiger partial charge in [-0.3, -0.25) is 0 Å². The third-order valence-corrected chi connectivity index (χ3v) is 2.44. The number of hydrogen-bond acceptors (Lipinski definition) is 1. The van der Waals surface area contributed by atoms with Crippen molar-refractivity contribution in [1.29, 1.82) is 0 Å². The molecule has 0 saturated heterocycles. The molecule has 0 aliphatic carbocycles. The lowest BCUT2D eigenvalue weighted by atomic mass is 9.98. The van der Waals surface area contributed by atoms with Crippen LogP contribution in [-0.4, -0.2) is 6.61 Å². The summed E-state index contributed by atoms with van der Waals surface area (Å²) in [7, 11) is 0. The molecule has 0 aliphatic heterocycles. The fraction of sp³-hybridized carbons (Fsp3) is 0.500. The summed E-state index contributed by atoms with van der Waals surface area (Å²) in [6.45, 7) is 6.60. The molecular weight excluding hydrogens is 179 g/mol. The largest absolute Gasteiger partial charge is 0.491 e. The summed E-state index contributed by atoms with van der Waals surface area (Å²) in [6.07, 6.45) is 1.05. The van der Waals surface area contributed by atoms with Crippen LogP contribution in [0.25, 0.3) is 0 Å². The van der Waals surface area contributed by atoms with Crippen molar-refractivity contribution in [2.45, 2.75) is 33.1 Å². The number of ether oxygens (including phenoxy) is 1. The summed E-state index contributed by atoms with van der Waals surface area (Å²) >= 11 is 0. The fourth-order valence-electron chi connectivity index (χ4n) is 1.33. The minimum atomic E-state index is -0.279. The molecule has 1 nitrogen and oxygen atoms in total. The molecule has 0 N–H and O–H groups in total. The first-order chi connectivity index (χ1) is 6.69. The second kappa shape index (κ2) is 4.99. The van der Waals surface area contributed by atoms with Crippen molar-refractivity contribution in [3.63, 3.8) is 0 Å². The molecule has 0 bridgehead atoms. The molecule has 1 aromatic carbocycles. The van der Waals surface area contributed by atoms with Crippen LogP contribution in [0.1, 0.15) is 38.7 Å². The Balaban J connectivity index is 2.93. The van der Waals surface area contributed by atoms with Crippen LogP contribution in [0.3, 0.4) is 0 Å². The Hall–Kier alpha value is -1.05. The van der Waals surface area contributed by atoms with E-state index >= 15 is 0 Å². The van der Waals surface area contributed by atoms with E-state index in [0.717, 1.165) is 12.0 Å². The Bertz CT molecular complexity index is 296. The van der Waals surface area contributed by atoms with Gasteiger partial charge in [-0.05, 0) is 37.0 Å². The zero-order valence-corrected chi connectivity index (χ0v) is 9.01. The standard InChI is InChI=1S/C12H17FO/c1-4-9(3)10-6-7-11(13)12(8-10)14-5-2/h6-9H,4-5H2,1-3H3. The maximum Gasteiger partial charge on any atom is 0.165 e. The summed E-state index contributed by atoms with van der Waals surface area (Å²) in [5, 5.41) is 0. The van der Waals surface area contributed by atoms with Crippen LogP contribution in [0, 0.1) is 5.82 Å². The lowest BCUT2D eigenvalue weighted by Gasteiger charge is -2.11. The maximum atomic E-state index is 13.2. The van der Waals surface area contributed by atoms with Gasteiger partial charge in [0.05, 0.1) is 6.61 Å². The molecule has 78 valence electrons. The predicted octanol–water partition coefficient (Wildman–Crippen LogP) is 3.74. The molecule has 0 saturated carbocycles. The minimum absolute atomic E-state index is 0.279. The van der Waals surface area contributed by atoms with E-state index in [0.29, 0.717) is 18.3 Å². The van der Waals surface area contributed by atoms with Crippen molar-refractivity contribution < 1.29 is 9.13 Å². The molecule has 0 aliphatic rings. The lowest BCUT2D eigenvalue weighted by molar-refractivity contribution is 0.321. The van der Waals surface area contributed by atoms with Crippen LogP contribution >= 0.6 is 0 Å². The summed E-state index contributed by atoms with van der Waals surface area (Å²) in [5.74, 6) is 0.541. The highest BCUT2D eigenvalue weighted by atomic mass is 19.1. The van der Waals surface area contributed by atoms with Gasteiger partial charge in [0.25, 0.3) is 0 Å². The van der Waals surface area contributed by atoms with Gasteiger partial charge in [0, 0.05) is 0 Å². The first kappa shape index (κ1) is 11.0. The molecule has 0 aromatic heterocycles. The molecule has 14 heavy (non-hydrogen) atoms. The first-order valence-corrected chi connectivity index (χ1v) is 5.11. The average molecular weight is 196 g/mol. The van der Waals surface area contributed by atoms with Crippen molar-refractivity contribution in [2.75, 3.05) is 6.61 Å². The molecule has 0 spiro atoms. The van der Waals surface area contributed by atoms with Gasteiger partial charge >= 0.3 is 0 Å². The predicted molar refractivity (Wildman–Crippen MR) is 56.3 cm³/mol. The van der Waals surface area contributed by atoms with Gasteiger partial charge in [0.2, 0.25) is 0 Å². The van der Waals surface area contributed by atoms with Crippen molar-refractivity contribution in [3.8, 4) is 5.75 Å². The zero-order valence-electron chi connectivity index (χ0n) is 9.01. The molecule has 1 atom stereocenters. The third-order valence-electron chi connectivity index (χ3n) is 2.44. The van der Waals surface area contributed by atoms with Gasteiger partial charge in [0.1, 0.15) is 0 Å². The van der Waals surface area contributed by atoms with Crippen LogP contribution in [0.5, 0.6) is 5.75 Å². The van der Waals surface area contributed by atoms with Crippen LogP contribution < -0.4 is 4.74 Å². The highest BCUT2D eigenvalue weighted by Crippen LogP contribution is 2.25. The smallest absolute Gasteiger partial charge is 0.165 e. The van der Waals surface area contributed by atoms with Gasteiger partial charge in [0.15, 0.2) is 11.6 Å². The van der Waals surface area contributed by atoms with Gasteiger partial charge in [-0.2, -0.15) is 0 Å². The van der Waals surface area contributed by atoms with E-state index in [1.165, 1.54) is 6.07 Å². The normalized spacial score (nSPS) is 12.6. The molecule has 2 heteroatoms. The Morgan fingerprint density at radius 1 is 1.36 bits per heavy atom. The van der Waals surface area contributed by atoms with E-state index in [1.54, 1.807) is 6.07 Å². The third kappa shape index (κ3) is 2.47. The fourth-order valence-corrected chi connectivity index (χ4v) is 1.33. The molecule has 0 heterocycles. The molecule has 0 amide bonds. The molecule has 1 rings (SSSR count). The summed E-state index contributed by atoms with van der Waals surface area (Å²) in [4.78, 5) is 0. The van der Waals surface area contributed by atoms with Crippen molar-refractivity contribution in [2.24, 2.45) is 0 Å². The van der Waals surface area contributed by atoms with E-state index in [1.807, 2.05) is 13.0 Å². The Kier molecular flexibility index (Phi) is 3.93. The van der Waals surface area contributed by atoms with Gasteiger partial charge in [-0.25, -0.2) is 4.39 Å². The zero-order chi connectivity index (χ0) is 10.6. The second-order valence-electron chi connectivity index (χ2n) is 3.43. The SMILES string of the molecule is CCOc1cc(C(C)CC)ccc1F. The molecule has 0 radical (unpaired) electrons. The monoisotopic (exact) mass is 196 g/mol. The van der Waals surface area contributed by atoms with Crippen LogP contribution in [-0.2, 0) is 0 Å². The average Bonchev–Trinajstić information content (AvgIpc) is 2.20. The van der Waals surface area contributed by atoms with E-state index in [2.05, 4.69) is 13.8 Å². The second-order valence-corrected chi connectivity index (χ2v) is 3.43. The van der Waals surface area contributed by atoms with Crippen molar-refractivity contribution in [1.82, 2.24) is 0 Å². The van der Waals surface area contributed by atoms with E-state index in [-0.39, 0.29) is 5.82 Å². The number of halogens is 1. The summed E-state index contributed by atoms with van der Waals surface area (Å²) in [6, 6.07) is 5.10. The molecular formula is C12H17FO. The topological polar surface area (TPSA) is 9.23 Å². The van der Waals surface area contributed by atoms with E-state index < -0.39 is 0 Å². The van der Waals surface area contributed by atoms with E-state index in [9.17, 15) is 4.39 Å². The highest BCUT2D eigenvalue weighted by Gasteiger charge is 2.08. The number of hydrogen-bond donors (Lipinski definition) is 0. The van der Waals surface area contributed by atoms with Crippen LogP contribution in [0.4, 0.5) is 4.39 Å². The van der Waals surface area contributed by atoms with Gasteiger partial charge in [-0.15, -0.1) is 0 Å². The maximum absolute atomic E-state index is 13.2. The van der Waals surface area contributed by atoms with E-state index in [4.69, 9.17) is 4.74 Å². The molecule has 1 aromatic rings. The summed E-state index contributed by atoms with van der Waals surface area (Å²) < 4.78 is 18.4. The first-order valence-electron chi connectivity index (χ1n) is 5.11. The van der Waals surface area contributed by atoms with Gasteiger partial charge < -0.3 is 4.74 Å². The van der Waals surface area contributed by atoms with Crippen LogP contribution in [0.2, 0.25) is 0 Å². The lowest BCUT2D eigenvalue weighted by Crippen LogP contribution is -1.98. The van der Waals surface area contributed by atoms with Gasteiger partial charge in [-0.1, -0.05) is 19.9 Å². The molecule has 1 unspecified atom stereocenters. The molecule has 0 fully saturated rings. The highest BCUT2D eigenvalue weighted by molar-refractivity contribution is 5.32. The summed E-state index contributed by atoms with van der Waals surface area (Å²) in [5.41, 5.74) is 1.14. The Morgan fingerprint density at radius 3 is 2.64 bits per heavy atom. The number of benzene rings is 1. The Labute approximate surface area is 84.9 Å². The minimum Gasteiger partial charge on any atom is -0.491 e. The quantitative estimate of drug-likeness (QED) is 0.712. The van der Waals surface area contributed by atoms with Crippen molar-refractivity contribution >= 4 is 0 Å². The number of rotatable bonds is 4. The van der Waals surface area contributed by atoms with Crippen molar-refractivity contribution in [3.05, 3.63) is 29.6 Å².